The van der Waals surface area contributed by atoms with Crippen molar-refractivity contribution in [3.8, 4) is 11.5 Å². The van der Waals surface area contributed by atoms with E-state index in [1.165, 1.54) is 25.7 Å². The van der Waals surface area contributed by atoms with E-state index in [-0.39, 0.29) is 5.78 Å². The molecule has 0 spiro atoms. The Morgan fingerprint density at radius 2 is 0.875 bits per heavy atom. The van der Waals surface area contributed by atoms with E-state index in [0.29, 0.717) is 26.4 Å². The lowest BCUT2D eigenvalue weighted by molar-refractivity contribution is -0.111. The van der Waals surface area contributed by atoms with Crippen LogP contribution in [0.25, 0.3) is 12.2 Å². The van der Waals surface area contributed by atoms with Gasteiger partial charge in [0.2, 0.25) is 0 Å². The average molecular weight is 549 g/mol. The van der Waals surface area contributed by atoms with Gasteiger partial charge in [-0.25, -0.2) is 0 Å². The number of unbranched alkanes of at least 4 members (excludes halogenated alkanes) is 10. The lowest BCUT2D eigenvalue weighted by Crippen LogP contribution is -1.98. The predicted molar refractivity (Wildman–Crippen MR) is 164 cm³/mol. The van der Waals surface area contributed by atoms with E-state index in [1.54, 1.807) is 0 Å². The molecular formula is C35H48O5. The molecule has 2 aromatic rings. The van der Waals surface area contributed by atoms with Crippen LogP contribution in [-0.4, -0.2) is 42.4 Å². The van der Waals surface area contributed by atoms with Crippen LogP contribution in [0.2, 0.25) is 0 Å². The molecule has 1 fully saturated rings. The van der Waals surface area contributed by atoms with Crippen molar-refractivity contribution < 1.29 is 24.5 Å². The summed E-state index contributed by atoms with van der Waals surface area (Å²) in [5, 5.41) is 17.6. The van der Waals surface area contributed by atoms with Crippen molar-refractivity contribution in [2.24, 2.45) is 0 Å². The monoisotopic (exact) mass is 548 g/mol. The van der Waals surface area contributed by atoms with Gasteiger partial charge in [0, 0.05) is 24.4 Å². The van der Waals surface area contributed by atoms with Crippen LogP contribution >= 0.6 is 0 Å². The first kappa shape index (κ1) is 31.6. The molecule has 0 atom stereocenters. The van der Waals surface area contributed by atoms with Crippen LogP contribution in [0.1, 0.15) is 101 Å². The zero-order valence-corrected chi connectivity index (χ0v) is 24.1. The number of Topliss-reactive ketones (excluding diaryl/α,β-unsaturated/α-hetero) is 1. The first-order chi connectivity index (χ1) is 19.7. The van der Waals surface area contributed by atoms with Crippen LogP contribution in [0.3, 0.4) is 0 Å². The van der Waals surface area contributed by atoms with Crippen LogP contribution in [0.4, 0.5) is 0 Å². The van der Waals surface area contributed by atoms with Gasteiger partial charge in [0.05, 0.1) is 13.2 Å². The molecule has 1 aliphatic rings. The van der Waals surface area contributed by atoms with Gasteiger partial charge in [-0.1, -0.05) is 75.6 Å². The van der Waals surface area contributed by atoms with Crippen LogP contribution in [0.5, 0.6) is 11.5 Å². The second-order valence-corrected chi connectivity index (χ2v) is 10.7. The summed E-state index contributed by atoms with van der Waals surface area (Å²) in [7, 11) is 0. The van der Waals surface area contributed by atoms with Crippen molar-refractivity contribution in [2.75, 3.05) is 26.4 Å². The standard InChI is InChI=1S/C35H48O5/c36-23-9-5-1-3-7-11-25-39-33-19-13-29(14-20-33)27-31-17-18-32(35(31)38)28-30-15-21-34(22-16-30)40-26-12-8-4-2-6-10-24-37/h13-16,19-22,27-28,36-37H,1-12,17-18,23-26H2/b31-27-,32-28-. The molecule has 40 heavy (non-hydrogen) atoms. The summed E-state index contributed by atoms with van der Waals surface area (Å²) in [6.45, 7) is 2.02. The van der Waals surface area contributed by atoms with Crippen molar-refractivity contribution in [1.82, 2.24) is 0 Å². The minimum absolute atomic E-state index is 0.138. The Labute approximate surface area is 240 Å². The molecule has 0 heterocycles. The van der Waals surface area contributed by atoms with Crippen LogP contribution < -0.4 is 9.47 Å². The van der Waals surface area contributed by atoms with Crippen LogP contribution in [-0.2, 0) is 4.79 Å². The fourth-order valence-corrected chi connectivity index (χ4v) is 4.92. The van der Waals surface area contributed by atoms with E-state index in [9.17, 15) is 4.79 Å². The summed E-state index contributed by atoms with van der Waals surface area (Å²) >= 11 is 0. The summed E-state index contributed by atoms with van der Waals surface area (Å²) in [6.07, 6.45) is 18.7. The highest BCUT2D eigenvalue weighted by molar-refractivity contribution is 6.15. The highest BCUT2D eigenvalue weighted by Gasteiger charge is 2.22. The number of rotatable bonds is 20. The number of ketones is 1. The van der Waals surface area contributed by atoms with Gasteiger partial charge < -0.3 is 19.7 Å². The van der Waals surface area contributed by atoms with Crippen molar-refractivity contribution in [3.63, 3.8) is 0 Å². The van der Waals surface area contributed by atoms with E-state index >= 15 is 0 Å². The van der Waals surface area contributed by atoms with Crippen molar-refractivity contribution in [1.29, 1.82) is 0 Å². The average Bonchev–Trinajstić information content (AvgIpc) is 3.31. The van der Waals surface area contributed by atoms with Gasteiger partial charge in [-0.2, -0.15) is 0 Å². The topological polar surface area (TPSA) is 76.0 Å². The van der Waals surface area contributed by atoms with Gasteiger partial charge >= 0.3 is 0 Å². The molecule has 0 aliphatic heterocycles. The Morgan fingerprint density at radius 3 is 1.25 bits per heavy atom. The first-order valence-electron chi connectivity index (χ1n) is 15.3. The molecule has 0 bridgehead atoms. The third-order valence-electron chi connectivity index (χ3n) is 7.33. The van der Waals surface area contributed by atoms with Crippen molar-refractivity contribution in [3.05, 3.63) is 70.8 Å². The maximum Gasteiger partial charge on any atom is 0.185 e. The zero-order valence-electron chi connectivity index (χ0n) is 24.1. The molecule has 2 aromatic carbocycles. The molecule has 0 saturated heterocycles. The summed E-state index contributed by atoms with van der Waals surface area (Å²) in [4.78, 5) is 13.0. The summed E-state index contributed by atoms with van der Waals surface area (Å²) in [5.74, 6) is 1.86. The fourth-order valence-electron chi connectivity index (χ4n) is 4.92. The number of carbonyl (C=O) groups excluding carboxylic acids is 1. The Balaban J connectivity index is 1.38. The molecule has 5 heteroatoms. The highest BCUT2D eigenvalue weighted by atomic mass is 16.5. The SMILES string of the molecule is O=C1/C(=C\c2ccc(OCCCCCCCCO)cc2)CC/C1=C/c1ccc(OCCCCCCCCO)cc1. The molecule has 1 aliphatic carbocycles. The lowest BCUT2D eigenvalue weighted by atomic mass is 10.1. The van der Waals surface area contributed by atoms with E-state index < -0.39 is 0 Å². The smallest absolute Gasteiger partial charge is 0.185 e. The molecule has 0 radical (unpaired) electrons. The number of ether oxygens (including phenoxy) is 2. The molecule has 0 unspecified atom stereocenters. The zero-order chi connectivity index (χ0) is 28.3. The number of benzene rings is 2. The summed E-state index contributed by atoms with van der Waals surface area (Å²) in [6, 6.07) is 16.0. The first-order valence-corrected chi connectivity index (χ1v) is 15.3. The normalized spacial score (nSPS) is 15.3. The Bertz CT molecular complexity index is 953. The van der Waals surface area contributed by atoms with Gasteiger partial charge in [0.15, 0.2) is 5.78 Å². The number of hydrogen-bond acceptors (Lipinski definition) is 5. The van der Waals surface area contributed by atoms with E-state index in [4.69, 9.17) is 19.7 Å². The minimum Gasteiger partial charge on any atom is -0.494 e. The molecule has 2 N–H and O–H groups in total. The molecular weight excluding hydrogens is 500 g/mol. The second kappa shape index (κ2) is 19.2. The number of carbonyl (C=O) groups is 1. The van der Waals surface area contributed by atoms with Gasteiger partial charge in [0.25, 0.3) is 0 Å². The molecule has 5 nitrogen and oxygen atoms in total. The Kier molecular flexibility index (Phi) is 15.2. The quantitative estimate of drug-likeness (QED) is 0.130. The van der Waals surface area contributed by atoms with Crippen LogP contribution in [0, 0.1) is 0 Å². The van der Waals surface area contributed by atoms with Crippen molar-refractivity contribution >= 4 is 17.9 Å². The highest BCUT2D eigenvalue weighted by Crippen LogP contribution is 2.30. The van der Waals surface area contributed by atoms with Gasteiger partial charge in [0.1, 0.15) is 11.5 Å². The minimum atomic E-state index is 0.138. The number of aliphatic hydroxyl groups is 2. The third-order valence-corrected chi connectivity index (χ3v) is 7.33. The van der Waals surface area contributed by atoms with E-state index in [1.807, 2.05) is 60.7 Å². The van der Waals surface area contributed by atoms with Gasteiger partial charge in [-0.05, 0) is 86.1 Å². The predicted octanol–water partition coefficient (Wildman–Crippen LogP) is 7.94. The van der Waals surface area contributed by atoms with Crippen LogP contribution in [0.15, 0.2) is 59.7 Å². The van der Waals surface area contributed by atoms with E-state index in [0.717, 1.165) is 98.0 Å². The number of aliphatic hydroxyl groups excluding tert-OH is 2. The second-order valence-electron chi connectivity index (χ2n) is 10.7. The maximum atomic E-state index is 13.0. The van der Waals surface area contributed by atoms with Gasteiger partial charge in [-0.15, -0.1) is 0 Å². The molecule has 218 valence electrons. The lowest BCUT2D eigenvalue weighted by Gasteiger charge is -2.07. The third kappa shape index (κ3) is 12.1. The number of allylic oxidation sites excluding steroid dienone is 2. The van der Waals surface area contributed by atoms with E-state index in [2.05, 4.69) is 0 Å². The Hall–Kier alpha value is -2.89. The Morgan fingerprint density at radius 1 is 0.525 bits per heavy atom. The van der Waals surface area contributed by atoms with Gasteiger partial charge in [-0.3, -0.25) is 4.79 Å². The molecule has 0 amide bonds. The molecule has 3 rings (SSSR count). The summed E-state index contributed by atoms with van der Waals surface area (Å²) in [5.41, 5.74) is 3.76. The fraction of sp³-hybridized carbons (Fsp3) is 0.514. The molecule has 1 saturated carbocycles. The molecule has 0 aromatic heterocycles. The maximum absolute atomic E-state index is 13.0. The number of hydrogen-bond donors (Lipinski definition) is 2. The summed E-state index contributed by atoms with van der Waals surface area (Å²) < 4.78 is 11.7. The van der Waals surface area contributed by atoms with Crippen molar-refractivity contribution in [2.45, 2.75) is 89.9 Å². The largest absolute Gasteiger partial charge is 0.494 e.